The summed E-state index contributed by atoms with van der Waals surface area (Å²) in [5, 5.41) is 12.5. The Labute approximate surface area is 159 Å². The number of nitrogens with zero attached hydrogens (tertiary/aromatic N) is 2. The molecule has 6 nitrogen and oxygen atoms in total. The van der Waals surface area contributed by atoms with E-state index in [1.807, 2.05) is 36.4 Å². The predicted molar refractivity (Wildman–Crippen MR) is 104 cm³/mol. The quantitative estimate of drug-likeness (QED) is 0.508. The van der Waals surface area contributed by atoms with Gasteiger partial charge in [-0.25, -0.2) is 0 Å². The number of hydrogen-bond acceptors (Lipinski definition) is 4. The number of nitrogens with one attached hydrogen (secondary N) is 1. The first-order chi connectivity index (χ1) is 12.6. The van der Waals surface area contributed by atoms with Crippen molar-refractivity contribution in [1.82, 2.24) is 9.88 Å². The van der Waals surface area contributed by atoms with Crippen LogP contribution in [-0.2, 0) is 11.3 Å². The van der Waals surface area contributed by atoms with E-state index in [0.717, 1.165) is 39.8 Å². The molecule has 0 aliphatic carbocycles. The maximum atomic E-state index is 11.7. The third-order valence-corrected chi connectivity index (χ3v) is 5.48. The number of rotatable bonds is 4. The second-order valence-electron chi connectivity index (χ2n) is 6.36. The Morgan fingerprint density at radius 2 is 1.92 bits per heavy atom. The van der Waals surface area contributed by atoms with Crippen LogP contribution in [-0.4, -0.2) is 41.1 Å². The number of benzene rings is 2. The third kappa shape index (κ3) is 3.25. The average Bonchev–Trinajstić information content (AvgIpc) is 2.99. The number of H-pyrrole nitrogens is 1. The fraction of sp³-hybridized carbons (Fsp3) is 0.263. The fourth-order valence-corrected chi connectivity index (χ4v) is 4.00. The van der Waals surface area contributed by atoms with E-state index in [1.165, 1.54) is 0 Å². The van der Waals surface area contributed by atoms with Crippen LogP contribution in [0.25, 0.3) is 22.2 Å². The summed E-state index contributed by atoms with van der Waals surface area (Å²) < 4.78 is 6.23. The van der Waals surface area contributed by atoms with Crippen molar-refractivity contribution in [3.8, 4) is 11.3 Å². The Bertz CT molecular complexity index is 950. The topological polar surface area (TPSA) is 71.4 Å². The molecule has 0 saturated carbocycles. The molecule has 1 fully saturated rings. The van der Waals surface area contributed by atoms with Gasteiger partial charge in [-0.3, -0.25) is 15.0 Å². The Morgan fingerprint density at radius 1 is 1.19 bits per heavy atom. The summed E-state index contributed by atoms with van der Waals surface area (Å²) in [6.07, 6.45) is 0. The SMILES string of the molecule is O=[N+]([O-])c1cc(CN2CCOCC2)cc2c(Br)c(-c3ccccc3)[nH]c12. The molecule has 26 heavy (non-hydrogen) atoms. The number of aromatic nitrogens is 1. The molecule has 1 aromatic heterocycles. The largest absolute Gasteiger partial charge is 0.379 e. The Morgan fingerprint density at radius 3 is 2.62 bits per heavy atom. The smallest absolute Gasteiger partial charge is 0.293 e. The lowest BCUT2D eigenvalue weighted by atomic mass is 10.1. The molecule has 0 radical (unpaired) electrons. The maximum Gasteiger partial charge on any atom is 0.293 e. The Kier molecular flexibility index (Phi) is 4.76. The molecule has 0 bridgehead atoms. The molecule has 0 amide bonds. The second kappa shape index (κ2) is 7.19. The van der Waals surface area contributed by atoms with E-state index < -0.39 is 0 Å². The van der Waals surface area contributed by atoms with E-state index in [9.17, 15) is 10.1 Å². The van der Waals surface area contributed by atoms with Gasteiger partial charge >= 0.3 is 0 Å². The van der Waals surface area contributed by atoms with Crippen LogP contribution in [0.1, 0.15) is 5.56 Å². The van der Waals surface area contributed by atoms with Gasteiger partial charge in [-0.2, -0.15) is 0 Å². The van der Waals surface area contributed by atoms with Crippen molar-refractivity contribution in [2.24, 2.45) is 0 Å². The van der Waals surface area contributed by atoms with Gasteiger partial charge in [0.15, 0.2) is 0 Å². The van der Waals surface area contributed by atoms with Crippen LogP contribution in [0, 0.1) is 10.1 Å². The van der Waals surface area contributed by atoms with Crippen LogP contribution in [0.4, 0.5) is 5.69 Å². The number of hydrogen-bond donors (Lipinski definition) is 1. The first-order valence-corrected chi connectivity index (χ1v) is 9.27. The summed E-state index contributed by atoms with van der Waals surface area (Å²) in [6.45, 7) is 3.77. The van der Waals surface area contributed by atoms with Gasteiger partial charge in [0.2, 0.25) is 0 Å². The van der Waals surface area contributed by atoms with Crippen molar-refractivity contribution in [2.45, 2.75) is 6.54 Å². The molecule has 1 N–H and O–H groups in total. The first kappa shape index (κ1) is 17.2. The van der Waals surface area contributed by atoms with E-state index in [4.69, 9.17) is 4.74 Å². The summed E-state index contributed by atoms with van der Waals surface area (Å²) in [6, 6.07) is 13.5. The minimum Gasteiger partial charge on any atom is -0.379 e. The zero-order valence-electron chi connectivity index (χ0n) is 14.1. The molecule has 1 saturated heterocycles. The fourth-order valence-electron chi connectivity index (χ4n) is 3.36. The molecule has 134 valence electrons. The van der Waals surface area contributed by atoms with Crippen LogP contribution in [0.3, 0.4) is 0 Å². The van der Waals surface area contributed by atoms with Gasteiger partial charge in [0.05, 0.1) is 28.3 Å². The monoisotopic (exact) mass is 415 g/mol. The summed E-state index contributed by atoms with van der Waals surface area (Å²) in [5.74, 6) is 0. The lowest BCUT2D eigenvalue weighted by molar-refractivity contribution is -0.383. The average molecular weight is 416 g/mol. The van der Waals surface area contributed by atoms with Crippen LogP contribution in [0.5, 0.6) is 0 Å². The highest BCUT2D eigenvalue weighted by Gasteiger charge is 2.22. The molecule has 3 aromatic rings. The molecule has 2 aromatic carbocycles. The van der Waals surface area contributed by atoms with E-state index in [-0.39, 0.29) is 10.6 Å². The van der Waals surface area contributed by atoms with Gasteiger partial charge in [-0.1, -0.05) is 30.3 Å². The molecular formula is C19H18BrN3O3. The number of morpholine rings is 1. The first-order valence-electron chi connectivity index (χ1n) is 8.47. The number of aromatic amines is 1. The molecule has 2 heterocycles. The predicted octanol–water partition coefficient (Wildman–Crippen LogP) is 4.34. The molecule has 1 aliphatic rings. The normalized spacial score (nSPS) is 15.4. The van der Waals surface area contributed by atoms with Crippen molar-refractivity contribution in [3.63, 3.8) is 0 Å². The van der Waals surface area contributed by atoms with Gasteiger partial charge in [0.25, 0.3) is 5.69 Å². The van der Waals surface area contributed by atoms with Crippen LogP contribution in [0.15, 0.2) is 46.9 Å². The number of halogens is 1. The lowest BCUT2D eigenvalue weighted by Crippen LogP contribution is -2.35. The number of non-ortho nitro benzene ring substituents is 1. The summed E-state index contributed by atoms with van der Waals surface area (Å²) >= 11 is 3.64. The zero-order chi connectivity index (χ0) is 18.1. The highest BCUT2D eigenvalue weighted by molar-refractivity contribution is 9.10. The van der Waals surface area contributed by atoms with Gasteiger partial charge in [0.1, 0.15) is 5.52 Å². The van der Waals surface area contributed by atoms with Crippen molar-refractivity contribution in [2.75, 3.05) is 26.3 Å². The van der Waals surface area contributed by atoms with E-state index >= 15 is 0 Å². The van der Waals surface area contributed by atoms with Gasteiger partial charge in [0, 0.05) is 31.1 Å². The van der Waals surface area contributed by atoms with Crippen LogP contribution in [0.2, 0.25) is 0 Å². The molecular weight excluding hydrogens is 398 g/mol. The molecule has 0 spiro atoms. The lowest BCUT2D eigenvalue weighted by Gasteiger charge is -2.26. The third-order valence-electron chi connectivity index (χ3n) is 4.65. The van der Waals surface area contributed by atoms with Crippen LogP contribution < -0.4 is 0 Å². The highest BCUT2D eigenvalue weighted by atomic mass is 79.9. The Hall–Kier alpha value is -2.22. The van der Waals surface area contributed by atoms with Crippen LogP contribution >= 0.6 is 15.9 Å². The molecule has 1 aliphatic heterocycles. The van der Waals surface area contributed by atoms with Crippen molar-refractivity contribution in [1.29, 1.82) is 0 Å². The van der Waals surface area contributed by atoms with Gasteiger partial charge in [-0.05, 0) is 33.1 Å². The van der Waals surface area contributed by atoms with Gasteiger partial charge < -0.3 is 9.72 Å². The van der Waals surface area contributed by atoms with E-state index in [1.54, 1.807) is 6.07 Å². The molecule has 0 unspecified atom stereocenters. The maximum absolute atomic E-state index is 11.7. The summed E-state index contributed by atoms with van der Waals surface area (Å²) in [4.78, 5) is 16.8. The molecule has 4 rings (SSSR count). The van der Waals surface area contributed by atoms with Crippen molar-refractivity contribution < 1.29 is 9.66 Å². The molecule has 7 heteroatoms. The van der Waals surface area contributed by atoms with Crippen molar-refractivity contribution >= 4 is 32.5 Å². The Balaban J connectivity index is 1.81. The minimum atomic E-state index is -0.317. The number of nitro groups is 1. The highest BCUT2D eigenvalue weighted by Crippen LogP contribution is 2.39. The summed E-state index contributed by atoms with van der Waals surface area (Å²) in [5.41, 5.74) is 3.43. The van der Waals surface area contributed by atoms with Crippen molar-refractivity contribution in [3.05, 3.63) is 62.6 Å². The van der Waals surface area contributed by atoms with E-state index in [2.05, 4.69) is 25.8 Å². The summed E-state index contributed by atoms with van der Waals surface area (Å²) in [7, 11) is 0. The minimum absolute atomic E-state index is 0.105. The zero-order valence-corrected chi connectivity index (χ0v) is 15.7. The second-order valence-corrected chi connectivity index (χ2v) is 7.16. The number of ether oxygens (including phenoxy) is 1. The standard InChI is InChI=1S/C19H18BrN3O3/c20-17-15-10-13(12-22-6-8-26-9-7-22)11-16(23(24)25)19(15)21-18(17)14-4-2-1-3-5-14/h1-5,10-11,21H,6-9,12H2. The molecule has 0 atom stereocenters. The number of fused-ring (bicyclic) bond motifs is 1. The van der Waals surface area contributed by atoms with Gasteiger partial charge in [-0.15, -0.1) is 0 Å². The van der Waals surface area contributed by atoms with E-state index in [0.29, 0.717) is 25.3 Å². The number of nitro benzene ring substituents is 1.